The van der Waals surface area contributed by atoms with E-state index in [1.807, 2.05) is 0 Å². The Kier molecular flexibility index (Phi) is 7.49. The molecule has 1 fully saturated rings. The zero-order valence-electron chi connectivity index (χ0n) is 18.8. The van der Waals surface area contributed by atoms with Crippen molar-refractivity contribution in [2.24, 2.45) is 5.16 Å². The molecule has 3 heterocycles. The van der Waals surface area contributed by atoms with Crippen LogP contribution in [0.3, 0.4) is 0 Å². The Balaban J connectivity index is 1.39. The maximum absolute atomic E-state index is 12.9. The van der Waals surface area contributed by atoms with E-state index in [1.165, 1.54) is 40.9 Å². The zero-order chi connectivity index (χ0) is 25.8. The number of hydrogen-bond donors (Lipinski definition) is 2. The molecule has 2 aliphatic rings. The number of nitro benzene ring substituents is 1. The number of carbonyl (C=O) groups is 3. The van der Waals surface area contributed by atoms with E-state index in [9.17, 15) is 24.5 Å². The van der Waals surface area contributed by atoms with Crippen molar-refractivity contribution in [1.29, 1.82) is 0 Å². The fourth-order valence-corrected chi connectivity index (χ4v) is 5.15. The summed E-state index contributed by atoms with van der Waals surface area (Å²) in [6, 6.07) is 4.70. The van der Waals surface area contributed by atoms with Crippen LogP contribution in [0.2, 0.25) is 0 Å². The number of β-lactam (4-membered cyclic amide) rings is 1. The summed E-state index contributed by atoms with van der Waals surface area (Å²) < 4.78 is 5.31. The molecule has 15 heteroatoms. The van der Waals surface area contributed by atoms with Crippen LogP contribution in [-0.2, 0) is 30.6 Å². The number of benzene rings is 1. The fraction of sp³-hybridized carbons (Fsp3) is 0.286. The number of amides is 2. The molecule has 2 aliphatic heterocycles. The van der Waals surface area contributed by atoms with E-state index in [2.05, 4.69) is 15.5 Å². The van der Waals surface area contributed by atoms with Crippen LogP contribution in [0.1, 0.15) is 18.2 Å². The number of nitrogen functional groups attached to an aromatic ring is 1. The third-order valence-corrected chi connectivity index (χ3v) is 6.98. The Morgan fingerprint density at radius 2 is 2.11 bits per heavy atom. The molecular formula is C21H20N6O7S2. The molecule has 0 bridgehead atoms. The second kappa shape index (κ2) is 10.7. The Hall–Kier alpha value is -3.98. The van der Waals surface area contributed by atoms with Gasteiger partial charge in [-0.3, -0.25) is 24.6 Å². The van der Waals surface area contributed by atoms with Crippen molar-refractivity contribution in [1.82, 2.24) is 15.2 Å². The summed E-state index contributed by atoms with van der Waals surface area (Å²) in [7, 11) is 0. The van der Waals surface area contributed by atoms with Crippen LogP contribution in [0.5, 0.6) is 0 Å². The topological polar surface area (TPSA) is 179 Å². The number of aromatic nitrogens is 1. The summed E-state index contributed by atoms with van der Waals surface area (Å²) in [5, 5.41) is 18.5. The first kappa shape index (κ1) is 25.1. The van der Waals surface area contributed by atoms with E-state index in [0.29, 0.717) is 11.3 Å². The quantitative estimate of drug-likeness (QED) is 0.158. The number of ether oxygens (including phenoxy) is 1. The summed E-state index contributed by atoms with van der Waals surface area (Å²) in [6.07, 6.45) is 1.58. The number of nitrogens with one attached hydrogen (secondary N) is 1. The van der Waals surface area contributed by atoms with Gasteiger partial charge in [0.05, 0.1) is 4.92 Å². The van der Waals surface area contributed by atoms with E-state index in [1.54, 1.807) is 18.4 Å². The van der Waals surface area contributed by atoms with Gasteiger partial charge in [-0.25, -0.2) is 9.78 Å². The van der Waals surface area contributed by atoms with E-state index in [-0.39, 0.29) is 41.1 Å². The van der Waals surface area contributed by atoms with Gasteiger partial charge in [0, 0.05) is 23.3 Å². The molecule has 13 nitrogen and oxygen atoms in total. The molecule has 2 amide bonds. The Morgan fingerprint density at radius 1 is 1.36 bits per heavy atom. The van der Waals surface area contributed by atoms with Gasteiger partial charge in [-0.05, 0) is 30.7 Å². The highest BCUT2D eigenvalue weighted by Gasteiger charge is 2.53. The molecule has 0 aliphatic carbocycles. The number of nitrogens with two attached hydrogens (primary N) is 1. The molecule has 1 unspecified atom stereocenters. The van der Waals surface area contributed by atoms with Crippen LogP contribution >= 0.6 is 23.1 Å². The molecule has 1 saturated heterocycles. The fourth-order valence-electron chi connectivity index (χ4n) is 3.41. The van der Waals surface area contributed by atoms with Gasteiger partial charge in [-0.1, -0.05) is 5.16 Å². The number of hydrogen-bond acceptors (Lipinski definition) is 12. The normalized spacial score (nSPS) is 19.0. The SMILES string of the molecule is CCO/N=C(/C(=O)NC1C(=O)N2C(C(=O)OCc3ccc([N+](=O)[O-])cc3)=CCS[C@H]12)c1csc(N)n1. The highest BCUT2D eigenvalue weighted by Crippen LogP contribution is 2.38. The van der Waals surface area contributed by atoms with Gasteiger partial charge < -0.3 is 20.6 Å². The minimum Gasteiger partial charge on any atom is -0.456 e. The molecule has 1 aromatic carbocycles. The lowest BCUT2D eigenvalue weighted by Crippen LogP contribution is -2.70. The second-order valence-corrected chi connectivity index (χ2v) is 9.44. The number of nitrogens with zero attached hydrogens (tertiary/aromatic N) is 4. The number of rotatable bonds is 9. The van der Waals surface area contributed by atoms with E-state index < -0.39 is 34.1 Å². The molecule has 188 valence electrons. The van der Waals surface area contributed by atoms with Crippen molar-refractivity contribution in [3.05, 3.63) is 62.8 Å². The molecule has 2 aromatic rings. The molecule has 36 heavy (non-hydrogen) atoms. The van der Waals surface area contributed by atoms with Crippen molar-refractivity contribution in [2.45, 2.75) is 24.9 Å². The number of nitro groups is 1. The number of fused-ring (bicyclic) bond motifs is 1. The van der Waals surface area contributed by atoms with Gasteiger partial charge in [-0.2, -0.15) is 0 Å². The Bertz CT molecular complexity index is 1260. The Labute approximate surface area is 212 Å². The number of carbonyl (C=O) groups excluding carboxylic acids is 3. The Morgan fingerprint density at radius 3 is 2.75 bits per heavy atom. The summed E-state index contributed by atoms with van der Waals surface area (Å²) in [6.45, 7) is 1.80. The minimum atomic E-state index is -0.892. The number of anilines is 1. The van der Waals surface area contributed by atoms with Gasteiger partial charge in [0.15, 0.2) is 10.8 Å². The largest absolute Gasteiger partial charge is 0.456 e. The summed E-state index contributed by atoms with van der Waals surface area (Å²) in [5.41, 5.74) is 6.32. The van der Waals surface area contributed by atoms with Crippen molar-refractivity contribution in [3.63, 3.8) is 0 Å². The van der Waals surface area contributed by atoms with Crippen molar-refractivity contribution in [3.8, 4) is 0 Å². The number of non-ortho nitro benzene ring substituents is 1. The van der Waals surface area contributed by atoms with E-state index in [4.69, 9.17) is 15.3 Å². The first-order valence-corrected chi connectivity index (χ1v) is 12.5. The van der Waals surface area contributed by atoms with Crippen LogP contribution < -0.4 is 11.1 Å². The van der Waals surface area contributed by atoms with Crippen LogP contribution in [0.15, 0.2) is 46.6 Å². The highest BCUT2D eigenvalue weighted by atomic mass is 32.2. The third-order valence-electron chi connectivity index (χ3n) is 5.12. The van der Waals surface area contributed by atoms with Gasteiger partial charge >= 0.3 is 5.97 Å². The average molecular weight is 533 g/mol. The molecule has 3 N–H and O–H groups in total. The average Bonchev–Trinajstić information content (AvgIpc) is 3.31. The molecule has 1 aromatic heterocycles. The van der Waals surface area contributed by atoms with E-state index in [0.717, 1.165) is 11.3 Å². The van der Waals surface area contributed by atoms with Crippen LogP contribution in [0, 0.1) is 10.1 Å². The molecule has 2 atom stereocenters. The van der Waals surface area contributed by atoms with Crippen LogP contribution in [0.25, 0.3) is 0 Å². The van der Waals surface area contributed by atoms with Crippen molar-refractivity contribution < 1.29 is 28.9 Å². The van der Waals surface area contributed by atoms with Crippen molar-refractivity contribution in [2.75, 3.05) is 18.1 Å². The zero-order valence-corrected chi connectivity index (χ0v) is 20.4. The standard InChI is InChI=1S/C21H20N6O7S2/c1-2-34-25-15(13-10-36-21(22)23-13)17(28)24-16-18(29)26-14(7-8-35-19(16)26)20(30)33-9-11-3-5-12(6-4-11)27(31)32/h3-7,10,16,19H,2,8-9H2,1H3,(H2,22,23)(H,24,28)/b25-15+/t16?,19-/m1/s1. The van der Waals surface area contributed by atoms with Gasteiger partial charge in [0.1, 0.15) is 36.0 Å². The predicted octanol–water partition coefficient (Wildman–Crippen LogP) is 1.40. The first-order valence-electron chi connectivity index (χ1n) is 10.6. The lowest BCUT2D eigenvalue weighted by Gasteiger charge is -2.48. The molecular weight excluding hydrogens is 512 g/mol. The number of oxime groups is 1. The number of esters is 1. The maximum Gasteiger partial charge on any atom is 0.355 e. The van der Waals surface area contributed by atoms with Crippen LogP contribution in [0.4, 0.5) is 10.8 Å². The van der Waals surface area contributed by atoms with Gasteiger partial charge in [-0.15, -0.1) is 23.1 Å². The lowest BCUT2D eigenvalue weighted by atomic mass is 10.0. The molecule has 4 rings (SSSR count). The molecule has 0 saturated carbocycles. The highest BCUT2D eigenvalue weighted by molar-refractivity contribution is 8.00. The lowest BCUT2D eigenvalue weighted by molar-refractivity contribution is -0.384. The smallest absolute Gasteiger partial charge is 0.355 e. The second-order valence-electron chi connectivity index (χ2n) is 7.40. The maximum atomic E-state index is 12.9. The summed E-state index contributed by atoms with van der Waals surface area (Å²) in [4.78, 5) is 59.0. The van der Waals surface area contributed by atoms with E-state index >= 15 is 0 Å². The predicted molar refractivity (Wildman–Crippen MR) is 131 cm³/mol. The van der Waals surface area contributed by atoms with Crippen LogP contribution in [-0.4, -0.2) is 62.1 Å². The first-order chi connectivity index (χ1) is 17.3. The van der Waals surface area contributed by atoms with Crippen molar-refractivity contribution >= 4 is 57.4 Å². The van der Waals surface area contributed by atoms with Gasteiger partial charge in [0.25, 0.3) is 17.5 Å². The molecule has 0 radical (unpaired) electrons. The minimum absolute atomic E-state index is 0.0756. The monoisotopic (exact) mass is 532 g/mol. The number of thioether (sulfide) groups is 1. The number of thiazole rings is 1. The molecule has 0 spiro atoms. The van der Waals surface area contributed by atoms with Gasteiger partial charge in [0.2, 0.25) is 0 Å². The third kappa shape index (κ3) is 5.16. The summed E-state index contributed by atoms with van der Waals surface area (Å²) in [5.74, 6) is -1.43. The summed E-state index contributed by atoms with van der Waals surface area (Å²) >= 11 is 2.51.